The molecule has 0 unspecified atom stereocenters. The quantitative estimate of drug-likeness (QED) is 0.236. The minimum atomic E-state index is -0.562. The van der Waals surface area contributed by atoms with E-state index in [4.69, 9.17) is 19.5 Å². The Hall–Kier alpha value is -4.18. The van der Waals surface area contributed by atoms with E-state index in [-0.39, 0.29) is 24.3 Å². The summed E-state index contributed by atoms with van der Waals surface area (Å²) in [4.78, 5) is 10.6. The van der Waals surface area contributed by atoms with E-state index in [2.05, 4.69) is 111 Å². The number of aliphatic imine (C=N–C) groups is 2. The number of nitrogens with zero attached hydrogens (tertiary/aromatic N) is 2. The third-order valence-corrected chi connectivity index (χ3v) is 8.13. The Morgan fingerprint density at radius 3 is 1.10 bits per heavy atom. The molecule has 4 aromatic carbocycles. The second-order valence-corrected chi connectivity index (χ2v) is 10.3. The summed E-state index contributed by atoms with van der Waals surface area (Å²) in [6.45, 7) is 4.37. The molecular weight excluding hydrogens is 480 g/mol. The molecule has 39 heavy (non-hydrogen) atoms. The van der Waals surface area contributed by atoms with Gasteiger partial charge in [0.05, 0.1) is 0 Å². The van der Waals surface area contributed by atoms with Crippen LogP contribution < -0.4 is 0 Å². The van der Waals surface area contributed by atoms with E-state index in [1.165, 1.54) is 0 Å². The molecule has 0 aliphatic carbocycles. The highest BCUT2D eigenvalue weighted by Crippen LogP contribution is 2.50. The largest absolute Gasteiger partial charge is 0.469 e. The van der Waals surface area contributed by atoms with Crippen molar-refractivity contribution in [2.24, 2.45) is 15.4 Å². The highest BCUT2D eigenvalue weighted by molar-refractivity contribution is 6.06. The van der Waals surface area contributed by atoms with Crippen LogP contribution in [0.4, 0.5) is 0 Å². The van der Waals surface area contributed by atoms with Crippen LogP contribution in [0.3, 0.4) is 0 Å². The lowest BCUT2D eigenvalue weighted by atomic mass is 9.81. The van der Waals surface area contributed by atoms with E-state index < -0.39 is 5.41 Å². The maximum absolute atomic E-state index is 6.85. The summed E-state index contributed by atoms with van der Waals surface area (Å²) < 4.78 is 13.7. The average molecular weight is 515 g/mol. The van der Waals surface area contributed by atoms with Crippen LogP contribution >= 0.6 is 0 Å². The van der Waals surface area contributed by atoms with Crippen LogP contribution in [0, 0.1) is 5.41 Å². The number of hydrogen-bond acceptors (Lipinski definition) is 4. The van der Waals surface area contributed by atoms with E-state index in [0.717, 1.165) is 46.9 Å². The molecule has 0 spiro atoms. The molecule has 0 radical (unpaired) electrons. The van der Waals surface area contributed by atoms with Crippen molar-refractivity contribution < 1.29 is 9.47 Å². The van der Waals surface area contributed by atoms with Gasteiger partial charge in [-0.1, -0.05) is 135 Å². The molecule has 0 aromatic heterocycles. The fourth-order valence-electron chi connectivity index (χ4n) is 5.82. The first-order valence-electron chi connectivity index (χ1n) is 13.9. The third kappa shape index (κ3) is 4.65. The second-order valence-electron chi connectivity index (χ2n) is 10.3. The zero-order valence-corrected chi connectivity index (χ0v) is 22.5. The predicted molar refractivity (Wildman–Crippen MR) is 157 cm³/mol. The molecule has 4 nitrogen and oxygen atoms in total. The van der Waals surface area contributed by atoms with Gasteiger partial charge in [0.1, 0.15) is 17.5 Å². The minimum Gasteiger partial charge on any atom is -0.469 e. The van der Waals surface area contributed by atoms with Crippen molar-refractivity contribution in [1.29, 1.82) is 0 Å². The number of hydrogen-bond donors (Lipinski definition) is 0. The fourth-order valence-corrected chi connectivity index (χ4v) is 5.82. The number of ether oxygens (including phenoxy) is 2. The van der Waals surface area contributed by atoms with Crippen LogP contribution in [0.15, 0.2) is 131 Å². The zero-order valence-electron chi connectivity index (χ0n) is 22.5. The topological polar surface area (TPSA) is 43.2 Å². The van der Waals surface area contributed by atoms with Gasteiger partial charge in [0, 0.05) is 0 Å². The van der Waals surface area contributed by atoms with E-state index >= 15 is 0 Å². The van der Waals surface area contributed by atoms with Gasteiger partial charge in [-0.05, 0) is 35.1 Å². The van der Waals surface area contributed by atoms with Crippen molar-refractivity contribution in [3.8, 4) is 0 Å². The van der Waals surface area contributed by atoms with Crippen molar-refractivity contribution >= 4 is 11.8 Å². The molecule has 4 atom stereocenters. The molecule has 4 heteroatoms. The smallest absolute Gasteiger partial charge is 0.200 e. The monoisotopic (exact) mass is 514 g/mol. The zero-order chi connectivity index (χ0) is 26.7. The van der Waals surface area contributed by atoms with Gasteiger partial charge in [0.15, 0.2) is 12.2 Å². The summed E-state index contributed by atoms with van der Waals surface area (Å²) in [5, 5.41) is 0. The van der Waals surface area contributed by atoms with Gasteiger partial charge in [-0.15, -0.1) is 0 Å². The number of benzene rings is 4. The molecule has 6 rings (SSSR count). The summed E-state index contributed by atoms with van der Waals surface area (Å²) >= 11 is 0. The molecule has 196 valence electrons. The van der Waals surface area contributed by atoms with Crippen molar-refractivity contribution in [1.82, 2.24) is 0 Å². The third-order valence-electron chi connectivity index (χ3n) is 8.13. The lowest BCUT2D eigenvalue weighted by Gasteiger charge is -2.31. The molecule has 2 heterocycles. The molecule has 0 saturated carbocycles. The highest BCUT2D eigenvalue weighted by atomic mass is 16.5. The van der Waals surface area contributed by atoms with E-state index in [1.807, 2.05) is 24.3 Å². The Balaban J connectivity index is 1.43. The van der Waals surface area contributed by atoms with E-state index in [9.17, 15) is 0 Å². The molecule has 0 fully saturated rings. The normalized spacial score (nSPS) is 22.5. The highest BCUT2D eigenvalue weighted by Gasteiger charge is 2.51. The van der Waals surface area contributed by atoms with Crippen LogP contribution in [-0.4, -0.2) is 11.8 Å². The van der Waals surface area contributed by atoms with Gasteiger partial charge in [-0.25, -0.2) is 9.98 Å². The molecule has 0 amide bonds. The summed E-state index contributed by atoms with van der Waals surface area (Å²) in [6, 6.07) is 41.4. The van der Waals surface area contributed by atoms with Gasteiger partial charge in [-0.2, -0.15) is 0 Å². The van der Waals surface area contributed by atoms with Crippen LogP contribution in [0.5, 0.6) is 0 Å². The average Bonchev–Trinajstić information content (AvgIpc) is 3.67. The van der Waals surface area contributed by atoms with E-state index in [0.29, 0.717) is 0 Å². The van der Waals surface area contributed by atoms with Gasteiger partial charge < -0.3 is 9.47 Å². The van der Waals surface area contributed by atoms with Gasteiger partial charge in [0.25, 0.3) is 0 Å². The summed E-state index contributed by atoms with van der Waals surface area (Å²) in [6.07, 6.45) is 1.12. The van der Waals surface area contributed by atoms with Crippen LogP contribution in [-0.2, 0) is 9.47 Å². The van der Waals surface area contributed by atoms with Crippen molar-refractivity contribution in [2.45, 2.75) is 51.0 Å². The Kier molecular flexibility index (Phi) is 7.02. The van der Waals surface area contributed by atoms with Crippen LogP contribution in [0.2, 0.25) is 0 Å². The summed E-state index contributed by atoms with van der Waals surface area (Å²) in [5.41, 5.74) is 3.95. The Morgan fingerprint density at radius 2 is 0.795 bits per heavy atom. The first kappa shape index (κ1) is 25.1. The lowest BCUT2D eigenvalue weighted by molar-refractivity contribution is 0.152. The SMILES string of the molecule is CCC(CC)(C1=N[C@H](c2ccccc2)[C@H](c2ccccc2)O1)C1=N[C@H](c2ccccc2)[C@H](c2ccccc2)O1. The van der Waals surface area contributed by atoms with Gasteiger partial charge >= 0.3 is 0 Å². The fraction of sp³-hybridized carbons (Fsp3) is 0.257. The summed E-state index contributed by atoms with van der Waals surface area (Å²) in [7, 11) is 0. The Labute approximate surface area is 231 Å². The maximum atomic E-state index is 6.85. The lowest BCUT2D eigenvalue weighted by Crippen LogP contribution is -2.39. The Morgan fingerprint density at radius 1 is 0.487 bits per heavy atom. The first-order valence-corrected chi connectivity index (χ1v) is 13.9. The minimum absolute atomic E-state index is 0.141. The van der Waals surface area contributed by atoms with Crippen molar-refractivity contribution in [3.63, 3.8) is 0 Å². The van der Waals surface area contributed by atoms with Crippen molar-refractivity contribution in [2.75, 3.05) is 0 Å². The first-order chi connectivity index (χ1) is 19.2. The summed E-state index contributed by atoms with van der Waals surface area (Å²) in [5.74, 6) is 1.43. The molecule has 0 bridgehead atoms. The molecule has 4 aromatic rings. The van der Waals surface area contributed by atoms with Crippen LogP contribution in [0.25, 0.3) is 0 Å². The molecule has 2 aliphatic rings. The second kappa shape index (κ2) is 10.9. The van der Waals surface area contributed by atoms with E-state index in [1.54, 1.807) is 0 Å². The van der Waals surface area contributed by atoms with Crippen molar-refractivity contribution in [3.05, 3.63) is 144 Å². The molecular formula is C35H34N2O2. The maximum Gasteiger partial charge on any atom is 0.200 e. The molecule has 0 N–H and O–H groups in total. The van der Waals surface area contributed by atoms with Gasteiger partial charge in [-0.3, -0.25) is 0 Å². The molecule has 2 aliphatic heterocycles. The molecule has 0 saturated heterocycles. The van der Waals surface area contributed by atoms with Gasteiger partial charge in [0.2, 0.25) is 11.8 Å². The standard InChI is InChI=1S/C35H34N2O2/c1-3-35(4-2,33-36-29(25-17-9-5-10-18-25)31(38-33)27-21-13-7-14-22-27)34-37-30(26-19-11-6-12-20-26)32(39-34)28-23-15-8-16-24-28/h5-24,29-32H,3-4H2,1-2H3/t29-,30-,31+,32+/m1/s1. The predicted octanol–water partition coefficient (Wildman–Crippen LogP) is 8.62. The van der Waals surface area contributed by atoms with Crippen LogP contribution in [0.1, 0.15) is 73.2 Å². The number of rotatable bonds is 8. The Bertz CT molecular complexity index is 1320.